The Bertz CT molecular complexity index is 1330. The topological polar surface area (TPSA) is 72.6 Å². The monoisotopic (exact) mass is 456 g/mol. The highest BCUT2D eigenvalue weighted by Gasteiger charge is 2.23. The largest absolute Gasteiger partial charge is 0.497 e. The molecule has 5 rings (SSSR count). The Morgan fingerprint density at radius 2 is 1.94 bits per heavy atom. The molecule has 1 amide bonds. The van der Waals surface area contributed by atoms with Gasteiger partial charge in [-0.25, -0.2) is 0 Å². The van der Waals surface area contributed by atoms with Crippen LogP contribution in [-0.4, -0.2) is 24.8 Å². The number of nitrogens with one attached hydrogen (secondary N) is 2. The van der Waals surface area contributed by atoms with Gasteiger partial charge >= 0.3 is 0 Å². The minimum absolute atomic E-state index is 0.0218. The van der Waals surface area contributed by atoms with Crippen LogP contribution in [0.5, 0.6) is 17.2 Å². The van der Waals surface area contributed by atoms with Gasteiger partial charge in [0.05, 0.1) is 7.11 Å². The molecule has 0 saturated carbocycles. The number of hydrogen-bond donors (Lipinski definition) is 2. The average molecular weight is 457 g/mol. The molecule has 6 nitrogen and oxygen atoms in total. The SMILES string of the molecule is CCc1cccc2c(C(CC(=O)NCc3ccc4c(c3)OCO4)c3cccc(OC)c3)c[nH]c12. The van der Waals surface area contributed by atoms with Crippen molar-refractivity contribution in [2.75, 3.05) is 13.9 Å². The van der Waals surface area contributed by atoms with E-state index in [1.165, 1.54) is 5.56 Å². The third kappa shape index (κ3) is 4.31. The summed E-state index contributed by atoms with van der Waals surface area (Å²) < 4.78 is 16.3. The third-order valence-electron chi connectivity index (χ3n) is 6.40. The predicted molar refractivity (Wildman–Crippen MR) is 132 cm³/mol. The van der Waals surface area contributed by atoms with Crippen LogP contribution in [0.3, 0.4) is 0 Å². The Kier molecular flexibility index (Phi) is 6.12. The highest BCUT2D eigenvalue weighted by molar-refractivity contribution is 5.88. The number of aryl methyl sites for hydroxylation is 1. The van der Waals surface area contributed by atoms with Gasteiger partial charge < -0.3 is 24.5 Å². The van der Waals surface area contributed by atoms with Crippen molar-refractivity contribution in [1.29, 1.82) is 0 Å². The molecule has 0 radical (unpaired) electrons. The molecule has 3 aromatic carbocycles. The number of rotatable bonds is 8. The van der Waals surface area contributed by atoms with Crippen molar-refractivity contribution < 1.29 is 19.0 Å². The summed E-state index contributed by atoms with van der Waals surface area (Å²) in [7, 11) is 1.66. The standard InChI is InChI=1S/C28H28N2O4/c1-3-19-6-5-9-22-24(16-30-28(19)22)23(20-7-4-8-21(13-20)32-2)14-27(31)29-15-18-10-11-25-26(12-18)34-17-33-25/h4-13,16,23,30H,3,14-15,17H2,1-2H3,(H,29,31). The average Bonchev–Trinajstić information content (AvgIpc) is 3.52. The van der Waals surface area contributed by atoms with Gasteiger partial charge in [0, 0.05) is 36.0 Å². The van der Waals surface area contributed by atoms with Crippen LogP contribution in [-0.2, 0) is 17.8 Å². The van der Waals surface area contributed by atoms with E-state index in [0.29, 0.717) is 18.7 Å². The van der Waals surface area contributed by atoms with E-state index < -0.39 is 0 Å². The fourth-order valence-corrected chi connectivity index (χ4v) is 4.60. The molecule has 0 saturated heterocycles. The third-order valence-corrected chi connectivity index (χ3v) is 6.40. The minimum Gasteiger partial charge on any atom is -0.497 e. The molecule has 1 unspecified atom stereocenters. The Morgan fingerprint density at radius 3 is 2.79 bits per heavy atom. The van der Waals surface area contributed by atoms with E-state index in [2.05, 4.69) is 41.5 Å². The summed E-state index contributed by atoms with van der Waals surface area (Å²) >= 11 is 0. The van der Waals surface area contributed by atoms with Gasteiger partial charge in [0.25, 0.3) is 0 Å². The van der Waals surface area contributed by atoms with Crippen LogP contribution in [0.15, 0.2) is 66.9 Å². The maximum absolute atomic E-state index is 13.1. The Labute approximate surface area is 198 Å². The number of H-pyrrole nitrogens is 1. The lowest BCUT2D eigenvalue weighted by atomic mass is 9.87. The summed E-state index contributed by atoms with van der Waals surface area (Å²) in [6, 6.07) is 20.0. The molecule has 34 heavy (non-hydrogen) atoms. The van der Waals surface area contributed by atoms with Gasteiger partial charge in [0.1, 0.15) is 5.75 Å². The smallest absolute Gasteiger partial charge is 0.231 e. The number of carbonyl (C=O) groups is 1. The first-order chi connectivity index (χ1) is 16.7. The fraction of sp³-hybridized carbons (Fsp3) is 0.250. The normalized spacial score (nSPS) is 13.1. The number of benzene rings is 3. The Balaban J connectivity index is 1.41. The second kappa shape index (κ2) is 9.51. The van der Waals surface area contributed by atoms with Gasteiger partial charge in [0.15, 0.2) is 11.5 Å². The van der Waals surface area contributed by atoms with Gasteiger partial charge in [-0.05, 0) is 52.9 Å². The zero-order valence-electron chi connectivity index (χ0n) is 19.4. The van der Waals surface area contributed by atoms with E-state index in [0.717, 1.165) is 45.5 Å². The second-order valence-corrected chi connectivity index (χ2v) is 8.43. The molecule has 4 aromatic rings. The van der Waals surface area contributed by atoms with Crippen molar-refractivity contribution in [2.24, 2.45) is 0 Å². The van der Waals surface area contributed by atoms with Crippen LogP contribution in [0.1, 0.15) is 41.5 Å². The van der Waals surface area contributed by atoms with Crippen molar-refractivity contribution >= 4 is 16.8 Å². The van der Waals surface area contributed by atoms with E-state index in [9.17, 15) is 4.79 Å². The number of carbonyl (C=O) groups excluding carboxylic acids is 1. The first-order valence-electron chi connectivity index (χ1n) is 11.5. The first kappa shape index (κ1) is 21.9. The summed E-state index contributed by atoms with van der Waals surface area (Å²) in [5.41, 5.74) is 5.52. The van der Waals surface area contributed by atoms with Crippen molar-refractivity contribution in [3.63, 3.8) is 0 Å². The number of ether oxygens (including phenoxy) is 3. The van der Waals surface area contributed by atoms with Crippen LogP contribution in [0.2, 0.25) is 0 Å². The molecular formula is C28H28N2O4. The second-order valence-electron chi connectivity index (χ2n) is 8.43. The number of amides is 1. The van der Waals surface area contributed by atoms with Gasteiger partial charge in [-0.2, -0.15) is 0 Å². The molecule has 1 aromatic heterocycles. The number of fused-ring (bicyclic) bond motifs is 2. The van der Waals surface area contributed by atoms with Crippen molar-refractivity contribution in [3.05, 3.63) is 89.1 Å². The molecule has 0 aliphatic carbocycles. The van der Waals surface area contributed by atoms with Crippen LogP contribution in [0.25, 0.3) is 10.9 Å². The molecule has 174 valence electrons. The van der Waals surface area contributed by atoms with Crippen LogP contribution < -0.4 is 19.5 Å². The summed E-state index contributed by atoms with van der Waals surface area (Å²) in [6.07, 6.45) is 3.30. The Hall–Kier alpha value is -3.93. The summed E-state index contributed by atoms with van der Waals surface area (Å²) in [4.78, 5) is 16.6. The van der Waals surface area contributed by atoms with E-state index in [4.69, 9.17) is 14.2 Å². The zero-order valence-corrected chi connectivity index (χ0v) is 19.4. The van der Waals surface area contributed by atoms with Gasteiger partial charge in [-0.3, -0.25) is 4.79 Å². The minimum atomic E-state index is -0.118. The Morgan fingerprint density at radius 1 is 1.09 bits per heavy atom. The van der Waals surface area contributed by atoms with Crippen molar-refractivity contribution in [3.8, 4) is 17.2 Å². The summed E-state index contributed by atoms with van der Waals surface area (Å²) in [5.74, 6) is 2.09. The van der Waals surface area contributed by atoms with Crippen molar-refractivity contribution in [1.82, 2.24) is 10.3 Å². The first-order valence-corrected chi connectivity index (χ1v) is 11.5. The molecule has 1 aliphatic heterocycles. The van der Waals surface area contributed by atoms with Crippen LogP contribution in [0, 0.1) is 0 Å². The lowest BCUT2D eigenvalue weighted by Gasteiger charge is -2.18. The maximum atomic E-state index is 13.1. The molecule has 0 spiro atoms. The molecule has 1 atom stereocenters. The fourth-order valence-electron chi connectivity index (χ4n) is 4.60. The molecular weight excluding hydrogens is 428 g/mol. The van der Waals surface area contributed by atoms with E-state index >= 15 is 0 Å². The van der Waals surface area contributed by atoms with Crippen LogP contribution >= 0.6 is 0 Å². The molecule has 0 fully saturated rings. The molecule has 6 heteroatoms. The van der Waals surface area contributed by atoms with Gasteiger partial charge in [0.2, 0.25) is 12.7 Å². The van der Waals surface area contributed by atoms with E-state index in [1.807, 2.05) is 42.6 Å². The highest BCUT2D eigenvalue weighted by Crippen LogP contribution is 2.36. The summed E-state index contributed by atoms with van der Waals surface area (Å²) in [5, 5.41) is 4.22. The van der Waals surface area contributed by atoms with Crippen LogP contribution in [0.4, 0.5) is 0 Å². The number of hydrogen-bond acceptors (Lipinski definition) is 4. The molecule has 1 aliphatic rings. The zero-order chi connectivity index (χ0) is 23.5. The quantitative estimate of drug-likeness (QED) is 0.377. The van der Waals surface area contributed by atoms with Crippen molar-refractivity contribution in [2.45, 2.75) is 32.2 Å². The molecule has 0 bridgehead atoms. The van der Waals surface area contributed by atoms with Gasteiger partial charge in [-0.1, -0.05) is 43.3 Å². The number of para-hydroxylation sites is 1. The lowest BCUT2D eigenvalue weighted by molar-refractivity contribution is -0.121. The lowest BCUT2D eigenvalue weighted by Crippen LogP contribution is -2.25. The predicted octanol–water partition coefficient (Wildman–Crippen LogP) is 5.31. The molecule has 2 N–H and O–H groups in total. The van der Waals surface area contributed by atoms with E-state index in [1.54, 1.807) is 7.11 Å². The maximum Gasteiger partial charge on any atom is 0.231 e. The number of aromatic amines is 1. The summed E-state index contributed by atoms with van der Waals surface area (Å²) in [6.45, 7) is 2.81. The van der Waals surface area contributed by atoms with Gasteiger partial charge in [-0.15, -0.1) is 0 Å². The highest BCUT2D eigenvalue weighted by atomic mass is 16.7. The number of methoxy groups -OCH3 is 1. The van der Waals surface area contributed by atoms with E-state index in [-0.39, 0.29) is 18.6 Å². The molecule has 2 heterocycles. The number of aromatic nitrogens is 1.